The maximum absolute atomic E-state index is 12.7. The number of hydrogen-bond acceptors (Lipinski definition) is 6. The Labute approximate surface area is 173 Å². The number of benzene rings is 2. The molecule has 2 aromatic carbocycles. The van der Waals surface area contributed by atoms with Crippen LogP contribution >= 0.6 is 11.3 Å². The molecule has 0 aliphatic rings. The van der Waals surface area contributed by atoms with Crippen molar-refractivity contribution in [3.8, 4) is 5.75 Å². The molecule has 0 bridgehead atoms. The lowest BCUT2D eigenvalue weighted by Crippen LogP contribution is -2.15. The molecule has 150 valence electrons. The van der Waals surface area contributed by atoms with Crippen LogP contribution < -0.4 is 10.1 Å². The Kier molecular flexibility index (Phi) is 6.61. The highest BCUT2D eigenvalue weighted by atomic mass is 32.1. The van der Waals surface area contributed by atoms with Gasteiger partial charge in [-0.3, -0.25) is 10.1 Å². The van der Waals surface area contributed by atoms with E-state index in [9.17, 15) is 9.59 Å². The molecule has 3 rings (SSSR count). The maximum atomic E-state index is 12.7. The molecular weight excluding hydrogens is 388 g/mol. The fourth-order valence-electron chi connectivity index (χ4n) is 2.75. The Morgan fingerprint density at radius 2 is 1.93 bits per heavy atom. The van der Waals surface area contributed by atoms with Gasteiger partial charge in [0.1, 0.15) is 5.75 Å². The van der Waals surface area contributed by atoms with E-state index in [1.165, 1.54) is 18.4 Å². The lowest BCUT2D eigenvalue weighted by molar-refractivity contribution is 0.0600. The molecule has 29 heavy (non-hydrogen) atoms. The van der Waals surface area contributed by atoms with Crippen molar-refractivity contribution in [3.05, 3.63) is 76.3 Å². The molecule has 0 fully saturated rings. The minimum Gasteiger partial charge on any atom is -0.490 e. The van der Waals surface area contributed by atoms with E-state index in [1.54, 1.807) is 36.5 Å². The second-order valence-electron chi connectivity index (χ2n) is 6.62. The molecule has 0 saturated heterocycles. The molecular formula is C22H22N2O4S. The van der Waals surface area contributed by atoms with Crippen molar-refractivity contribution >= 4 is 28.3 Å². The topological polar surface area (TPSA) is 77.5 Å². The van der Waals surface area contributed by atoms with Crippen LogP contribution in [0.25, 0.3) is 0 Å². The van der Waals surface area contributed by atoms with Crippen molar-refractivity contribution in [3.63, 3.8) is 0 Å². The summed E-state index contributed by atoms with van der Waals surface area (Å²) in [5, 5.41) is 3.34. The zero-order valence-corrected chi connectivity index (χ0v) is 17.3. The SMILES string of the molecule is COC(=O)c1cccc(Cc2cnc(NC(=O)c3ccccc3OC(C)C)s2)c1. The van der Waals surface area contributed by atoms with Crippen molar-refractivity contribution in [1.29, 1.82) is 0 Å². The lowest BCUT2D eigenvalue weighted by atomic mass is 10.1. The molecule has 0 saturated carbocycles. The van der Waals surface area contributed by atoms with E-state index in [2.05, 4.69) is 10.3 Å². The number of aromatic nitrogens is 1. The summed E-state index contributed by atoms with van der Waals surface area (Å²) in [7, 11) is 1.36. The third-order valence-electron chi connectivity index (χ3n) is 3.99. The summed E-state index contributed by atoms with van der Waals surface area (Å²) in [4.78, 5) is 29.6. The summed E-state index contributed by atoms with van der Waals surface area (Å²) in [6, 6.07) is 14.4. The fraction of sp³-hybridized carbons (Fsp3) is 0.227. The number of amides is 1. The number of carbonyl (C=O) groups excluding carboxylic acids is 2. The summed E-state index contributed by atoms with van der Waals surface area (Å²) >= 11 is 1.39. The van der Waals surface area contributed by atoms with E-state index in [0.717, 1.165) is 10.4 Å². The molecule has 0 unspecified atom stereocenters. The molecule has 0 radical (unpaired) electrons. The number of thiazole rings is 1. The van der Waals surface area contributed by atoms with E-state index in [0.29, 0.717) is 28.4 Å². The molecule has 1 N–H and O–H groups in total. The fourth-order valence-corrected chi connectivity index (χ4v) is 3.59. The molecule has 0 aliphatic carbocycles. The zero-order valence-electron chi connectivity index (χ0n) is 16.5. The number of hydrogen-bond donors (Lipinski definition) is 1. The number of ether oxygens (including phenoxy) is 2. The van der Waals surface area contributed by atoms with Crippen LogP contribution in [0.3, 0.4) is 0 Å². The monoisotopic (exact) mass is 410 g/mol. The number of methoxy groups -OCH3 is 1. The van der Waals surface area contributed by atoms with Crippen molar-refractivity contribution in [2.45, 2.75) is 26.4 Å². The summed E-state index contributed by atoms with van der Waals surface area (Å²) in [6.07, 6.45) is 2.30. The molecule has 7 heteroatoms. The van der Waals surface area contributed by atoms with Crippen LogP contribution in [0, 0.1) is 0 Å². The van der Waals surface area contributed by atoms with Gasteiger partial charge in [0.2, 0.25) is 0 Å². The average molecular weight is 410 g/mol. The maximum Gasteiger partial charge on any atom is 0.337 e. The van der Waals surface area contributed by atoms with Crippen molar-refractivity contribution in [1.82, 2.24) is 4.98 Å². The third-order valence-corrected chi connectivity index (χ3v) is 4.91. The first-order valence-corrected chi connectivity index (χ1v) is 9.97. The van der Waals surface area contributed by atoms with Crippen LogP contribution in [0.15, 0.2) is 54.7 Å². The van der Waals surface area contributed by atoms with E-state index >= 15 is 0 Å². The van der Waals surface area contributed by atoms with Gasteiger partial charge < -0.3 is 9.47 Å². The van der Waals surface area contributed by atoms with E-state index in [4.69, 9.17) is 9.47 Å². The smallest absolute Gasteiger partial charge is 0.337 e. The van der Waals surface area contributed by atoms with Gasteiger partial charge in [-0.05, 0) is 43.7 Å². The Bertz CT molecular complexity index is 1010. The first-order chi connectivity index (χ1) is 14.0. The summed E-state index contributed by atoms with van der Waals surface area (Å²) in [5.41, 5.74) is 1.93. The van der Waals surface area contributed by atoms with Gasteiger partial charge in [-0.25, -0.2) is 9.78 Å². The van der Waals surface area contributed by atoms with E-state index in [1.807, 2.05) is 32.0 Å². The molecule has 3 aromatic rings. The molecule has 0 spiro atoms. The number of esters is 1. The summed E-state index contributed by atoms with van der Waals surface area (Å²) < 4.78 is 10.5. The van der Waals surface area contributed by atoms with Gasteiger partial charge in [0.05, 0.1) is 24.3 Å². The van der Waals surface area contributed by atoms with Crippen LogP contribution in [0.2, 0.25) is 0 Å². The van der Waals surface area contributed by atoms with Crippen LogP contribution in [0.4, 0.5) is 5.13 Å². The predicted octanol–water partition coefficient (Wildman–Crippen LogP) is 4.56. The highest BCUT2D eigenvalue weighted by molar-refractivity contribution is 7.15. The largest absolute Gasteiger partial charge is 0.490 e. The van der Waals surface area contributed by atoms with Gasteiger partial charge in [0, 0.05) is 17.5 Å². The van der Waals surface area contributed by atoms with Crippen LogP contribution in [-0.2, 0) is 11.2 Å². The Morgan fingerprint density at radius 3 is 2.69 bits per heavy atom. The van der Waals surface area contributed by atoms with Crippen LogP contribution in [-0.4, -0.2) is 30.1 Å². The van der Waals surface area contributed by atoms with Gasteiger partial charge in [-0.2, -0.15) is 0 Å². The quantitative estimate of drug-likeness (QED) is 0.578. The Morgan fingerprint density at radius 1 is 1.14 bits per heavy atom. The van der Waals surface area contributed by atoms with Crippen molar-refractivity contribution in [2.24, 2.45) is 0 Å². The minimum absolute atomic E-state index is 0.0313. The molecule has 0 aliphatic heterocycles. The van der Waals surface area contributed by atoms with Crippen molar-refractivity contribution in [2.75, 3.05) is 12.4 Å². The zero-order chi connectivity index (χ0) is 20.8. The number of para-hydroxylation sites is 1. The molecule has 1 heterocycles. The Hall–Kier alpha value is -3.19. The standard InChI is InChI=1S/C22H22N2O4S/c1-14(2)28-19-10-5-4-9-18(19)20(25)24-22-23-13-17(29-22)12-15-7-6-8-16(11-15)21(26)27-3/h4-11,13-14H,12H2,1-3H3,(H,23,24,25). The third kappa shape index (κ3) is 5.42. The highest BCUT2D eigenvalue weighted by Gasteiger charge is 2.15. The molecule has 0 atom stereocenters. The van der Waals surface area contributed by atoms with Gasteiger partial charge in [-0.15, -0.1) is 11.3 Å². The average Bonchev–Trinajstić information content (AvgIpc) is 3.14. The lowest BCUT2D eigenvalue weighted by Gasteiger charge is -2.13. The van der Waals surface area contributed by atoms with Gasteiger partial charge in [-0.1, -0.05) is 24.3 Å². The normalized spacial score (nSPS) is 10.6. The van der Waals surface area contributed by atoms with E-state index < -0.39 is 0 Å². The minimum atomic E-state index is -0.369. The first-order valence-electron chi connectivity index (χ1n) is 9.15. The number of carbonyl (C=O) groups is 2. The second-order valence-corrected chi connectivity index (χ2v) is 7.73. The van der Waals surface area contributed by atoms with Gasteiger partial charge in [0.15, 0.2) is 5.13 Å². The number of nitrogens with one attached hydrogen (secondary N) is 1. The van der Waals surface area contributed by atoms with Gasteiger partial charge >= 0.3 is 5.97 Å². The summed E-state index contributed by atoms with van der Waals surface area (Å²) in [6.45, 7) is 3.83. The number of rotatable bonds is 7. The van der Waals surface area contributed by atoms with Crippen molar-refractivity contribution < 1.29 is 19.1 Å². The van der Waals surface area contributed by atoms with E-state index in [-0.39, 0.29) is 18.0 Å². The number of nitrogens with zero attached hydrogens (tertiary/aromatic N) is 1. The van der Waals surface area contributed by atoms with Gasteiger partial charge in [0.25, 0.3) is 5.91 Å². The summed E-state index contributed by atoms with van der Waals surface area (Å²) in [5.74, 6) is -0.0994. The molecule has 1 amide bonds. The Balaban J connectivity index is 1.70. The van der Waals surface area contributed by atoms with Crippen LogP contribution in [0.5, 0.6) is 5.75 Å². The molecule has 6 nitrogen and oxygen atoms in total. The molecule has 1 aromatic heterocycles. The van der Waals surface area contributed by atoms with Crippen LogP contribution in [0.1, 0.15) is 45.0 Å². The highest BCUT2D eigenvalue weighted by Crippen LogP contribution is 2.25. The predicted molar refractivity (Wildman–Crippen MR) is 113 cm³/mol. The number of anilines is 1. The first kappa shape index (κ1) is 20.5. The second kappa shape index (κ2) is 9.34.